The molecular weight excluding hydrogens is 234 g/mol. The molecule has 1 aromatic carbocycles. The first-order valence-corrected chi connectivity index (χ1v) is 4.78. The number of carbonyl (C=O) groups is 1. The van der Waals surface area contributed by atoms with Crippen LogP contribution in [0.5, 0.6) is 0 Å². The van der Waals surface area contributed by atoms with E-state index in [0.717, 1.165) is 19.2 Å². The highest BCUT2D eigenvalue weighted by Crippen LogP contribution is 2.24. The van der Waals surface area contributed by atoms with Crippen molar-refractivity contribution in [2.45, 2.75) is 19.1 Å². The van der Waals surface area contributed by atoms with E-state index in [-0.39, 0.29) is 11.1 Å². The fourth-order valence-corrected chi connectivity index (χ4v) is 1.41. The molecular formula is C11H12F2O4. The van der Waals surface area contributed by atoms with Crippen molar-refractivity contribution in [2.75, 3.05) is 7.11 Å². The summed E-state index contributed by atoms with van der Waals surface area (Å²) < 4.78 is 30.3. The van der Waals surface area contributed by atoms with Crippen molar-refractivity contribution in [2.24, 2.45) is 0 Å². The van der Waals surface area contributed by atoms with E-state index in [4.69, 9.17) is 0 Å². The van der Waals surface area contributed by atoms with Gasteiger partial charge in [0.2, 0.25) is 0 Å². The zero-order valence-electron chi connectivity index (χ0n) is 9.28. The van der Waals surface area contributed by atoms with Crippen LogP contribution in [0.4, 0.5) is 8.78 Å². The summed E-state index contributed by atoms with van der Waals surface area (Å²) in [7, 11) is 1.04. The predicted molar refractivity (Wildman–Crippen MR) is 54.1 cm³/mol. The Bertz CT molecular complexity index is 434. The largest absolute Gasteiger partial charge is 0.467 e. The van der Waals surface area contributed by atoms with Gasteiger partial charge in [0.15, 0.2) is 17.7 Å². The van der Waals surface area contributed by atoms with Crippen LogP contribution in [0.3, 0.4) is 0 Å². The normalized spacial score (nSPS) is 14.2. The number of aliphatic hydroxyl groups is 2. The van der Waals surface area contributed by atoms with Crippen LogP contribution in [0.1, 0.15) is 17.2 Å². The molecule has 4 nitrogen and oxygen atoms in total. The Hall–Kier alpha value is -1.53. The predicted octanol–water partition coefficient (Wildman–Crippen LogP) is 0.841. The van der Waals surface area contributed by atoms with Gasteiger partial charge in [0.25, 0.3) is 0 Å². The Morgan fingerprint density at radius 1 is 1.35 bits per heavy atom. The van der Waals surface area contributed by atoms with E-state index >= 15 is 0 Å². The lowest BCUT2D eigenvalue weighted by Gasteiger charge is -2.18. The third-order valence-corrected chi connectivity index (χ3v) is 2.44. The highest BCUT2D eigenvalue weighted by atomic mass is 19.2. The van der Waals surface area contributed by atoms with Crippen molar-refractivity contribution >= 4 is 5.97 Å². The highest BCUT2D eigenvalue weighted by molar-refractivity contribution is 5.75. The van der Waals surface area contributed by atoms with Gasteiger partial charge in [-0.15, -0.1) is 0 Å². The highest BCUT2D eigenvalue weighted by Gasteiger charge is 2.28. The maximum atomic E-state index is 13.2. The number of carbonyl (C=O) groups excluding carboxylic acids is 1. The van der Waals surface area contributed by atoms with Crippen LogP contribution < -0.4 is 0 Å². The van der Waals surface area contributed by atoms with E-state index in [1.807, 2.05) is 0 Å². The molecule has 0 aromatic heterocycles. The molecule has 2 unspecified atom stereocenters. The maximum Gasteiger partial charge on any atom is 0.337 e. The lowest BCUT2D eigenvalue weighted by atomic mass is 9.99. The molecule has 0 saturated heterocycles. The van der Waals surface area contributed by atoms with Crippen molar-refractivity contribution in [3.8, 4) is 0 Å². The van der Waals surface area contributed by atoms with Crippen LogP contribution in [-0.2, 0) is 9.53 Å². The van der Waals surface area contributed by atoms with E-state index in [1.54, 1.807) is 0 Å². The zero-order chi connectivity index (χ0) is 13.2. The lowest BCUT2D eigenvalue weighted by Crippen LogP contribution is -2.29. The van der Waals surface area contributed by atoms with Gasteiger partial charge in [-0.2, -0.15) is 0 Å². The van der Waals surface area contributed by atoms with Crippen molar-refractivity contribution in [1.82, 2.24) is 0 Å². The van der Waals surface area contributed by atoms with Crippen molar-refractivity contribution in [3.63, 3.8) is 0 Å². The monoisotopic (exact) mass is 246 g/mol. The molecule has 94 valence electrons. The van der Waals surface area contributed by atoms with E-state index < -0.39 is 29.8 Å². The van der Waals surface area contributed by atoms with Crippen LogP contribution in [0.2, 0.25) is 0 Å². The van der Waals surface area contributed by atoms with Gasteiger partial charge in [-0.3, -0.25) is 0 Å². The SMILES string of the molecule is COC(=O)C(O)C(O)c1ccc(F)c(F)c1C. The Balaban J connectivity index is 3.09. The first-order valence-electron chi connectivity index (χ1n) is 4.78. The molecule has 1 rings (SSSR count). The van der Waals surface area contributed by atoms with Gasteiger partial charge in [0.1, 0.15) is 6.10 Å². The number of ether oxygens (including phenoxy) is 1. The number of benzene rings is 1. The van der Waals surface area contributed by atoms with Gasteiger partial charge in [-0.05, 0) is 24.1 Å². The van der Waals surface area contributed by atoms with Gasteiger partial charge in [-0.25, -0.2) is 13.6 Å². The zero-order valence-corrected chi connectivity index (χ0v) is 9.28. The van der Waals surface area contributed by atoms with E-state index in [0.29, 0.717) is 0 Å². The minimum Gasteiger partial charge on any atom is -0.467 e. The Kier molecular flexibility index (Phi) is 4.14. The average molecular weight is 246 g/mol. The van der Waals surface area contributed by atoms with Crippen LogP contribution >= 0.6 is 0 Å². The summed E-state index contributed by atoms with van der Waals surface area (Å²) in [5.74, 6) is -3.24. The summed E-state index contributed by atoms with van der Waals surface area (Å²) in [6.45, 7) is 1.24. The van der Waals surface area contributed by atoms with Gasteiger partial charge in [0.05, 0.1) is 7.11 Å². The molecule has 0 saturated carbocycles. The van der Waals surface area contributed by atoms with Gasteiger partial charge in [0, 0.05) is 0 Å². The second-order valence-electron chi connectivity index (χ2n) is 3.49. The Labute approximate surface area is 96.5 Å². The second kappa shape index (κ2) is 5.20. The fourth-order valence-electron chi connectivity index (χ4n) is 1.41. The number of aliphatic hydroxyl groups excluding tert-OH is 2. The van der Waals surface area contributed by atoms with E-state index in [1.165, 1.54) is 6.92 Å². The Morgan fingerprint density at radius 2 is 1.94 bits per heavy atom. The van der Waals surface area contributed by atoms with Crippen molar-refractivity contribution < 1.29 is 28.5 Å². The fraction of sp³-hybridized carbons (Fsp3) is 0.364. The van der Waals surface area contributed by atoms with Gasteiger partial charge >= 0.3 is 5.97 Å². The first kappa shape index (κ1) is 13.5. The van der Waals surface area contributed by atoms with Crippen molar-refractivity contribution in [3.05, 3.63) is 34.9 Å². The van der Waals surface area contributed by atoms with Crippen LogP contribution in [0.25, 0.3) is 0 Å². The number of hydrogen-bond acceptors (Lipinski definition) is 4. The molecule has 2 N–H and O–H groups in total. The molecule has 17 heavy (non-hydrogen) atoms. The molecule has 6 heteroatoms. The molecule has 1 aromatic rings. The standard InChI is InChI=1S/C11H12F2O4/c1-5-6(3-4-7(12)8(5)13)9(14)10(15)11(16)17-2/h3-4,9-10,14-15H,1-2H3. The van der Waals surface area contributed by atoms with Crippen LogP contribution in [0, 0.1) is 18.6 Å². The summed E-state index contributed by atoms with van der Waals surface area (Å²) in [4.78, 5) is 11.0. The second-order valence-corrected chi connectivity index (χ2v) is 3.49. The van der Waals surface area contributed by atoms with E-state index in [2.05, 4.69) is 4.74 Å². The third kappa shape index (κ3) is 2.59. The molecule has 0 aliphatic carbocycles. The summed E-state index contributed by atoms with van der Waals surface area (Å²) in [6, 6.07) is 1.91. The summed E-state index contributed by atoms with van der Waals surface area (Å²) in [5.41, 5.74) is -0.234. The maximum absolute atomic E-state index is 13.2. The lowest BCUT2D eigenvalue weighted by molar-refractivity contribution is -0.156. The molecule has 0 heterocycles. The average Bonchev–Trinajstić information content (AvgIpc) is 2.33. The molecule has 0 radical (unpaired) electrons. The quantitative estimate of drug-likeness (QED) is 0.775. The Morgan fingerprint density at radius 3 is 2.47 bits per heavy atom. The molecule has 0 aliphatic heterocycles. The minimum atomic E-state index is -1.84. The van der Waals surface area contributed by atoms with Gasteiger partial charge in [-0.1, -0.05) is 6.07 Å². The molecule has 0 fully saturated rings. The molecule has 0 bridgehead atoms. The number of esters is 1. The number of halogens is 2. The number of rotatable bonds is 3. The van der Waals surface area contributed by atoms with Crippen molar-refractivity contribution in [1.29, 1.82) is 0 Å². The molecule has 0 amide bonds. The van der Waals surface area contributed by atoms with Crippen LogP contribution in [-0.4, -0.2) is 29.4 Å². The first-order chi connectivity index (χ1) is 7.90. The third-order valence-electron chi connectivity index (χ3n) is 2.44. The summed E-state index contributed by atoms with van der Waals surface area (Å²) in [5, 5.41) is 19.0. The number of methoxy groups -OCH3 is 1. The topological polar surface area (TPSA) is 66.8 Å². The van der Waals surface area contributed by atoms with Crippen LogP contribution in [0.15, 0.2) is 12.1 Å². The summed E-state index contributed by atoms with van der Waals surface area (Å²) in [6.07, 6.45) is -3.51. The number of hydrogen-bond donors (Lipinski definition) is 2. The molecule has 2 atom stereocenters. The summed E-state index contributed by atoms with van der Waals surface area (Å²) >= 11 is 0. The minimum absolute atomic E-state index is 0.0678. The smallest absolute Gasteiger partial charge is 0.337 e. The molecule has 0 spiro atoms. The van der Waals surface area contributed by atoms with Gasteiger partial charge < -0.3 is 14.9 Å². The van der Waals surface area contributed by atoms with E-state index in [9.17, 15) is 23.8 Å². The molecule has 0 aliphatic rings.